The molecule has 1 saturated heterocycles. The number of alkyl halides is 3. The molecule has 8 nitrogen and oxygen atoms in total. The molecule has 48 heavy (non-hydrogen) atoms. The van der Waals surface area contributed by atoms with E-state index in [0.29, 0.717) is 56.6 Å². The maximum Gasteiger partial charge on any atom is 0.416 e. The molecular formula is C37H41F3N2O6. The summed E-state index contributed by atoms with van der Waals surface area (Å²) in [6, 6.07) is 7.73. The molecule has 1 saturated carbocycles. The standard InChI is InChI=1S/C37H41F3N2O6/c1-6-18-41-19-17-35-32-26-10-13-29(46-23(4)43)33(32)47-34(35)28(15-16-36(35,30(41)20-26)48-24(5)44)42(21-22(2)3)31(45)14-9-25-7-11-27(12-8-25)37(38,39)40/h6-14,22,28,30,34H,1,15-21H2,2-5H3/t28?,30-,34?,35+,36-/m1/s1. The molecular weight excluding hydrogens is 625 g/mol. The number of rotatable bonds is 9. The first-order chi connectivity index (χ1) is 22.7. The SMILES string of the molecule is C=CCN1CC[C@]23c4c5ccc(OC(C)=O)c4OC2C(N(CC(C)C)C(=O)C=Cc2ccc(C(F)(F)F)cc2)CC[C@@]3(OC(C)=O)[C@H]1C5. The van der Waals surface area contributed by atoms with Crippen LogP contribution in [0.2, 0.25) is 0 Å². The monoisotopic (exact) mass is 666 g/mol. The van der Waals surface area contributed by atoms with Crippen molar-refractivity contribution in [1.29, 1.82) is 0 Å². The Balaban J connectivity index is 1.45. The summed E-state index contributed by atoms with van der Waals surface area (Å²) in [7, 11) is 0. The van der Waals surface area contributed by atoms with E-state index < -0.39 is 46.8 Å². The van der Waals surface area contributed by atoms with E-state index in [-0.39, 0.29) is 23.6 Å². The van der Waals surface area contributed by atoms with Crippen molar-refractivity contribution in [3.05, 3.63) is 77.4 Å². The summed E-state index contributed by atoms with van der Waals surface area (Å²) in [5.41, 5.74) is -0.215. The molecule has 2 heterocycles. The van der Waals surface area contributed by atoms with Crippen molar-refractivity contribution in [2.24, 2.45) is 5.92 Å². The zero-order valence-electron chi connectivity index (χ0n) is 27.6. The van der Waals surface area contributed by atoms with Gasteiger partial charge in [0.2, 0.25) is 5.91 Å². The fourth-order valence-electron chi connectivity index (χ4n) is 8.80. The molecule has 2 fully saturated rings. The number of carbonyl (C=O) groups excluding carboxylic acids is 3. The summed E-state index contributed by atoms with van der Waals surface area (Å²) in [6.07, 6.45) is 1.78. The molecule has 11 heteroatoms. The highest BCUT2D eigenvalue weighted by Crippen LogP contribution is 2.67. The second kappa shape index (κ2) is 12.4. The number of nitrogens with zero attached hydrogens (tertiary/aromatic N) is 2. The highest BCUT2D eigenvalue weighted by molar-refractivity contribution is 5.92. The van der Waals surface area contributed by atoms with Gasteiger partial charge in [-0.15, -0.1) is 6.58 Å². The van der Waals surface area contributed by atoms with Gasteiger partial charge in [0.1, 0.15) is 11.7 Å². The highest BCUT2D eigenvalue weighted by atomic mass is 19.4. The van der Waals surface area contributed by atoms with Gasteiger partial charge >= 0.3 is 18.1 Å². The van der Waals surface area contributed by atoms with Crippen LogP contribution in [0.3, 0.4) is 0 Å². The maximum atomic E-state index is 14.1. The molecule has 1 amide bonds. The third kappa shape index (κ3) is 5.49. The van der Waals surface area contributed by atoms with Crippen LogP contribution in [0.1, 0.15) is 69.2 Å². The summed E-state index contributed by atoms with van der Waals surface area (Å²) >= 11 is 0. The minimum Gasteiger partial charge on any atom is -0.483 e. The van der Waals surface area contributed by atoms with E-state index in [0.717, 1.165) is 23.3 Å². The molecule has 2 aromatic rings. The molecule has 256 valence electrons. The number of hydrogen-bond acceptors (Lipinski definition) is 7. The Hall–Kier alpha value is -4.12. The number of piperidine rings is 1. The Morgan fingerprint density at radius 3 is 2.46 bits per heavy atom. The molecule has 2 aliphatic carbocycles. The van der Waals surface area contributed by atoms with Crippen LogP contribution in [0.5, 0.6) is 11.5 Å². The normalized spacial score (nSPS) is 27.3. The smallest absolute Gasteiger partial charge is 0.416 e. The lowest BCUT2D eigenvalue weighted by Crippen LogP contribution is -2.79. The van der Waals surface area contributed by atoms with Gasteiger partial charge in [-0.3, -0.25) is 19.3 Å². The van der Waals surface area contributed by atoms with Gasteiger partial charge in [0.05, 0.1) is 23.1 Å². The number of esters is 2. The first-order valence-corrected chi connectivity index (χ1v) is 16.4. The van der Waals surface area contributed by atoms with Gasteiger partial charge in [0.15, 0.2) is 11.5 Å². The van der Waals surface area contributed by atoms with Crippen molar-refractivity contribution in [3.63, 3.8) is 0 Å². The summed E-state index contributed by atoms with van der Waals surface area (Å²) in [6.45, 7) is 12.4. The second-order valence-corrected chi connectivity index (χ2v) is 13.7. The van der Waals surface area contributed by atoms with Crippen molar-refractivity contribution < 1.29 is 41.8 Å². The first-order valence-electron chi connectivity index (χ1n) is 16.4. The Labute approximate surface area is 278 Å². The number of hydrogen-bond donors (Lipinski definition) is 0. The highest BCUT2D eigenvalue weighted by Gasteiger charge is 2.75. The number of carbonyl (C=O) groups is 3. The zero-order chi connectivity index (χ0) is 34.6. The largest absolute Gasteiger partial charge is 0.483 e. The minimum absolute atomic E-state index is 0.0792. The van der Waals surface area contributed by atoms with Crippen LogP contribution in [0.25, 0.3) is 6.08 Å². The quantitative estimate of drug-likeness (QED) is 0.138. The third-order valence-electron chi connectivity index (χ3n) is 10.3. The number of benzene rings is 2. The molecule has 2 aliphatic heterocycles. The summed E-state index contributed by atoms with van der Waals surface area (Å²) in [5, 5.41) is 0. The molecule has 1 spiro atoms. The predicted octanol–water partition coefficient (Wildman–Crippen LogP) is 6.11. The lowest BCUT2D eigenvalue weighted by atomic mass is 9.48. The molecule has 0 N–H and O–H groups in total. The average molecular weight is 667 g/mol. The van der Waals surface area contributed by atoms with Gasteiger partial charge < -0.3 is 19.1 Å². The minimum atomic E-state index is -4.46. The lowest BCUT2D eigenvalue weighted by Gasteiger charge is -2.65. The maximum absolute atomic E-state index is 14.1. The Bertz CT molecular complexity index is 1650. The van der Waals surface area contributed by atoms with Crippen molar-refractivity contribution in [3.8, 4) is 11.5 Å². The predicted molar refractivity (Wildman–Crippen MR) is 172 cm³/mol. The average Bonchev–Trinajstić information content (AvgIpc) is 3.36. The fraction of sp³-hybridized carbons (Fsp3) is 0.486. The first kappa shape index (κ1) is 33.8. The number of amides is 1. The van der Waals surface area contributed by atoms with E-state index in [1.165, 1.54) is 38.1 Å². The third-order valence-corrected chi connectivity index (χ3v) is 10.3. The van der Waals surface area contributed by atoms with E-state index in [4.69, 9.17) is 14.2 Å². The number of ether oxygens (including phenoxy) is 3. The zero-order valence-corrected chi connectivity index (χ0v) is 27.6. The molecule has 0 radical (unpaired) electrons. The van der Waals surface area contributed by atoms with E-state index in [1.54, 1.807) is 11.0 Å². The number of likely N-dealkylation sites (tertiary alicyclic amines) is 1. The van der Waals surface area contributed by atoms with E-state index in [2.05, 4.69) is 11.5 Å². The van der Waals surface area contributed by atoms with E-state index >= 15 is 0 Å². The van der Waals surface area contributed by atoms with Crippen molar-refractivity contribution in [2.45, 2.75) is 88.8 Å². The van der Waals surface area contributed by atoms with Crippen molar-refractivity contribution in [1.82, 2.24) is 9.80 Å². The molecule has 5 atom stereocenters. The second-order valence-electron chi connectivity index (χ2n) is 13.7. The molecule has 2 aromatic carbocycles. The van der Waals surface area contributed by atoms with E-state index in [1.807, 2.05) is 26.0 Å². The summed E-state index contributed by atoms with van der Waals surface area (Å²) in [5.74, 6) is -0.387. The van der Waals surface area contributed by atoms with Crippen LogP contribution in [-0.4, -0.2) is 71.1 Å². The summed E-state index contributed by atoms with van der Waals surface area (Å²) in [4.78, 5) is 43.4. The summed E-state index contributed by atoms with van der Waals surface area (Å²) < 4.78 is 58.4. The van der Waals surface area contributed by atoms with E-state index in [9.17, 15) is 27.6 Å². The van der Waals surface area contributed by atoms with Crippen molar-refractivity contribution >= 4 is 23.9 Å². The Morgan fingerprint density at radius 1 is 1.10 bits per heavy atom. The van der Waals surface area contributed by atoms with Gasteiger partial charge in [-0.2, -0.15) is 13.2 Å². The number of halogens is 3. The van der Waals surface area contributed by atoms with Crippen LogP contribution in [-0.2, 0) is 37.1 Å². The molecule has 2 bridgehead atoms. The topological polar surface area (TPSA) is 85.4 Å². The van der Waals surface area contributed by atoms with Gasteiger partial charge in [0, 0.05) is 45.1 Å². The van der Waals surface area contributed by atoms with Crippen molar-refractivity contribution in [2.75, 3.05) is 19.6 Å². The Morgan fingerprint density at radius 2 is 1.83 bits per heavy atom. The molecule has 0 aromatic heterocycles. The van der Waals surface area contributed by atoms with Gasteiger partial charge in [-0.1, -0.05) is 38.1 Å². The van der Waals surface area contributed by atoms with Gasteiger partial charge in [-0.25, -0.2) is 0 Å². The van der Waals surface area contributed by atoms with Crippen LogP contribution < -0.4 is 9.47 Å². The van der Waals surface area contributed by atoms with Gasteiger partial charge in [0.25, 0.3) is 0 Å². The van der Waals surface area contributed by atoms with Crippen LogP contribution in [0, 0.1) is 5.92 Å². The molecule has 6 rings (SSSR count). The van der Waals surface area contributed by atoms with Crippen LogP contribution >= 0.6 is 0 Å². The molecule has 2 unspecified atom stereocenters. The van der Waals surface area contributed by atoms with Crippen LogP contribution in [0.4, 0.5) is 13.2 Å². The Kier molecular flexibility index (Phi) is 8.72. The fourth-order valence-corrected chi connectivity index (χ4v) is 8.80. The molecule has 4 aliphatic rings. The lowest BCUT2D eigenvalue weighted by molar-refractivity contribution is -0.223. The van der Waals surface area contributed by atoms with Crippen LogP contribution in [0.15, 0.2) is 55.1 Å². The van der Waals surface area contributed by atoms with Gasteiger partial charge in [-0.05, 0) is 67.0 Å².